The van der Waals surface area contributed by atoms with E-state index in [1.165, 1.54) is 11.3 Å². The smallest absolute Gasteiger partial charge is 0.274 e. The molecule has 0 aliphatic carbocycles. The van der Waals surface area contributed by atoms with Crippen LogP contribution < -0.4 is 10.2 Å². The van der Waals surface area contributed by atoms with Crippen molar-refractivity contribution in [1.82, 2.24) is 14.9 Å². The standard InChI is InChI=1S/C20H27N5O/c1-3-4-8-21-19-15-22-18(14-23-19)20(26)25-11-9-24(10-12-25)17-7-5-6-16(2)13-17/h5-7,13-15H,3-4,8-12H2,1-2H3,(H,21,23). The molecule has 1 aliphatic heterocycles. The summed E-state index contributed by atoms with van der Waals surface area (Å²) in [7, 11) is 0. The number of rotatable bonds is 6. The van der Waals surface area contributed by atoms with Crippen LogP contribution in [0.4, 0.5) is 11.5 Å². The van der Waals surface area contributed by atoms with Crippen molar-refractivity contribution in [3.05, 3.63) is 47.9 Å². The monoisotopic (exact) mass is 353 g/mol. The second-order valence-corrected chi connectivity index (χ2v) is 6.69. The quantitative estimate of drug-likeness (QED) is 0.809. The second kappa shape index (κ2) is 8.65. The normalized spacial score (nSPS) is 14.4. The number of piperazine rings is 1. The summed E-state index contributed by atoms with van der Waals surface area (Å²) in [6.07, 6.45) is 5.44. The average Bonchev–Trinajstić information content (AvgIpc) is 2.68. The molecular formula is C20H27N5O. The summed E-state index contributed by atoms with van der Waals surface area (Å²) in [5, 5.41) is 3.21. The van der Waals surface area contributed by atoms with Crippen molar-refractivity contribution in [1.29, 1.82) is 0 Å². The van der Waals surface area contributed by atoms with Crippen LogP contribution in [-0.2, 0) is 0 Å². The Morgan fingerprint density at radius 2 is 1.96 bits per heavy atom. The Bertz CT molecular complexity index is 723. The number of unbranched alkanes of at least 4 members (excludes halogenated alkanes) is 1. The lowest BCUT2D eigenvalue weighted by Crippen LogP contribution is -2.49. The molecule has 0 spiro atoms. The number of nitrogens with one attached hydrogen (secondary N) is 1. The van der Waals surface area contributed by atoms with Gasteiger partial charge in [-0.1, -0.05) is 25.5 Å². The highest BCUT2D eigenvalue weighted by Gasteiger charge is 2.23. The lowest BCUT2D eigenvalue weighted by molar-refractivity contribution is 0.0740. The van der Waals surface area contributed by atoms with E-state index in [2.05, 4.69) is 58.3 Å². The molecule has 1 N–H and O–H groups in total. The minimum Gasteiger partial charge on any atom is -0.369 e. The van der Waals surface area contributed by atoms with Crippen molar-refractivity contribution in [2.24, 2.45) is 0 Å². The van der Waals surface area contributed by atoms with Gasteiger partial charge in [0.2, 0.25) is 0 Å². The Kier molecular flexibility index (Phi) is 6.04. The maximum atomic E-state index is 12.7. The number of benzene rings is 1. The van der Waals surface area contributed by atoms with E-state index in [1.54, 1.807) is 12.4 Å². The maximum absolute atomic E-state index is 12.7. The molecule has 6 nitrogen and oxygen atoms in total. The van der Waals surface area contributed by atoms with Gasteiger partial charge in [0.25, 0.3) is 5.91 Å². The Morgan fingerprint density at radius 3 is 2.62 bits per heavy atom. The van der Waals surface area contributed by atoms with Crippen molar-refractivity contribution >= 4 is 17.4 Å². The molecule has 26 heavy (non-hydrogen) atoms. The summed E-state index contributed by atoms with van der Waals surface area (Å²) in [5.74, 6) is 0.681. The van der Waals surface area contributed by atoms with Crippen LogP contribution in [0.2, 0.25) is 0 Å². The zero-order valence-corrected chi connectivity index (χ0v) is 15.6. The van der Waals surface area contributed by atoms with Crippen LogP contribution in [0, 0.1) is 6.92 Å². The van der Waals surface area contributed by atoms with E-state index >= 15 is 0 Å². The summed E-state index contributed by atoms with van der Waals surface area (Å²) in [6.45, 7) is 8.18. The molecule has 6 heteroatoms. The molecule has 0 bridgehead atoms. The highest BCUT2D eigenvalue weighted by atomic mass is 16.2. The third kappa shape index (κ3) is 4.50. The lowest BCUT2D eigenvalue weighted by atomic mass is 10.2. The van der Waals surface area contributed by atoms with Crippen LogP contribution in [0.5, 0.6) is 0 Å². The SMILES string of the molecule is CCCCNc1cnc(C(=O)N2CCN(c3cccc(C)c3)CC2)cn1. The summed E-state index contributed by atoms with van der Waals surface area (Å²) in [5.41, 5.74) is 2.89. The van der Waals surface area contributed by atoms with Crippen molar-refractivity contribution < 1.29 is 4.79 Å². The molecule has 0 atom stereocenters. The van der Waals surface area contributed by atoms with Gasteiger partial charge in [0, 0.05) is 38.4 Å². The summed E-state index contributed by atoms with van der Waals surface area (Å²) in [6, 6.07) is 8.49. The minimum absolute atomic E-state index is 0.0403. The molecule has 3 rings (SSSR count). The van der Waals surface area contributed by atoms with Crippen LogP contribution in [0.25, 0.3) is 0 Å². The summed E-state index contributed by atoms with van der Waals surface area (Å²) < 4.78 is 0. The van der Waals surface area contributed by atoms with Gasteiger partial charge >= 0.3 is 0 Å². The van der Waals surface area contributed by atoms with Gasteiger partial charge in [-0.3, -0.25) is 4.79 Å². The predicted molar refractivity (Wildman–Crippen MR) is 105 cm³/mol. The number of hydrogen-bond acceptors (Lipinski definition) is 5. The molecule has 1 aliphatic rings. The third-order valence-corrected chi connectivity index (χ3v) is 4.64. The molecule has 0 radical (unpaired) electrons. The number of nitrogens with zero attached hydrogens (tertiary/aromatic N) is 4. The largest absolute Gasteiger partial charge is 0.369 e. The molecule has 0 saturated carbocycles. The Balaban J connectivity index is 1.54. The van der Waals surface area contributed by atoms with Gasteiger partial charge in [0.15, 0.2) is 0 Å². The van der Waals surface area contributed by atoms with Gasteiger partial charge < -0.3 is 15.1 Å². The zero-order chi connectivity index (χ0) is 18.4. The van der Waals surface area contributed by atoms with Gasteiger partial charge in [-0.05, 0) is 31.0 Å². The topological polar surface area (TPSA) is 61.4 Å². The molecular weight excluding hydrogens is 326 g/mol. The van der Waals surface area contributed by atoms with Crippen LogP contribution in [0.1, 0.15) is 35.8 Å². The first-order chi connectivity index (χ1) is 12.7. The van der Waals surface area contributed by atoms with Crippen LogP contribution in [0.3, 0.4) is 0 Å². The maximum Gasteiger partial charge on any atom is 0.274 e. The predicted octanol–water partition coefficient (Wildman–Crippen LogP) is 2.96. The van der Waals surface area contributed by atoms with E-state index in [4.69, 9.17) is 0 Å². The number of carbonyl (C=O) groups is 1. The highest BCUT2D eigenvalue weighted by Crippen LogP contribution is 2.18. The first-order valence-corrected chi connectivity index (χ1v) is 9.34. The zero-order valence-electron chi connectivity index (χ0n) is 15.6. The van der Waals surface area contributed by atoms with Gasteiger partial charge in [0.1, 0.15) is 11.5 Å². The van der Waals surface area contributed by atoms with E-state index in [9.17, 15) is 4.79 Å². The molecule has 138 valence electrons. The fourth-order valence-electron chi connectivity index (χ4n) is 3.08. The minimum atomic E-state index is -0.0403. The molecule has 1 aromatic carbocycles. The molecule has 1 fully saturated rings. The first-order valence-electron chi connectivity index (χ1n) is 9.34. The van der Waals surface area contributed by atoms with Crippen LogP contribution in [-0.4, -0.2) is 53.5 Å². The Hall–Kier alpha value is -2.63. The third-order valence-electron chi connectivity index (χ3n) is 4.64. The number of aromatic nitrogens is 2. The van der Waals surface area contributed by atoms with Crippen molar-refractivity contribution in [2.45, 2.75) is 26.7 Å². The fourth-order valence-corrected chi connectivity index (χ4v) is 3.08. The van der Waals surface area contributed by atoms with E-state index in [-0.39, 0.29) is 5.91 Å². The van der Waals surface area contributed by atoms with Gasteiger partial charge in [-0.2, -0.15) is 0 Å². The van der Waals surface area contributed by atoms with E-state index in [0.717, 1.165) is 38.3 Å². The van der Waals surface area contributed by atoms with Gasteiger partial charge in [-0.25, -0.2) is 9.97 Å². The number of carbonyl (C=O) groups excluding carboxylic acids is 1. The second-order valence-electron chi connectivity index (χ2n) is 6.69. The molecule has 1 amide bonds. The molecule has 2 heterocycles. The van der Waals surface area contributed by atoms with Crippen LogP contribution in [0.15, 0.2) is 36.7 Å². The lowest BCUT2D eigenvalue weighted by Gasteiger charge is -2.36. The Labute approximate surface area is 155 Å². The van der Waals surface area contributed by atoms with Gasteiger partial charge in [-0.15, -0.1) is 0 Å². The average molecular weight is 353 g/mol. The summed E-state index contributed by atoms with van der Waals surface area (Å²) in [4.78, 5) is 25.4. The number of hydrogen-bond donors (Lipinski definition) is 1. The van der Waals surface area contributed by atoms with Crippen molar-refractivity contribution in [3.63, 3.8) is 0 Å². The van der Waals surface area contributed by atoms with Gasteiger partial charge in [0.05, 0.1) is 12.4 Å². The van der Waals surface area contributed by atoms with E-state index in [1.807, 2.05) is 4.90 Å². The highest BCUT2D eigenvalue weighted by molar-refractivity contribution is 5.92. The van der Waals surface area contributed by atoms with Crippen molar-refractivity contribution in [2.75, 3.05) is 42.9 Å². The summed E-state index contributed by atoms with van der Waals surface area (Å²) >= 11 is 0. The molecule has 0 unspecified atom stereocenters. The molecule has 1 saturated heterocycles. The number of aryl methyl sites for hydroxylation is 1. The Morgan fingerprint density at radius 1 is 1.15 bits per heavy atom. The van der Waals surface area contributed by atoms with E-state index in [0.29, 0.717) is 18.8 Å². The van der Waals surface area contributed by atoms with Crippen LogP contribution >= 0.6 is 0 Å². The fraction of sp³-hybridized carbons (Fsp3) is 0.450. The number of anilines is 2. The van der Waals surface area contributed by atoms with E-state index < -0.39 is 0 Å². The van der Waals surface area contributed by atoms with Crippen molar-refractivity contribution in [3.8, 4) is 0 Å². The molecule has 1 aromatic heterocycles. The number of amides is 1. The molecule has 2 aromatic rings. The first kappa shape index (κ1) is 18.2.